The maximum atomic E-state index is 4.61. The lowest BCUT2D eigenvalue weighted by molar-refractivity contribution is 0.491. The molecule has 2 N–H and O–H groups in total. The molecule has 24 heavy (non-hydrogen) atoms. The standard InChI is InChI=1S/C18H33N5.HI/c1-14(2)9-7-10-15(3)21-18(19-4)20-13-16-11-8-12-17(22-16)23(5)6;/h8,11-12,14-15H,7,9-10,13H2,1-6H3,(H2,19,20,21);1H. The molecule has 0 aliphatic heterocycles. The van der Waals surface area contributed by atoms with Crippen molar-refractivity contribution in [2.45, 2.75) is 52.6 Å². The number of aromatic nitrogens is 1. The largest absolute Gasteiger partial charge is 0.363 e. The van der Waals surface area contributed by atoms with Crippen molar-refractivity contribution < 1.29 is 0 Å². The average molecular weight is 447 g/mol. The normalized spacial score (nSPS) is 12.5. The topological polar surface area (TPSA) is 52.6 Å². The molecule has 0 amide bonds. The summed E-state index contributed by atoms with van der Waals surface area (Å²) in [7, 11) is 5.80. The highest BCUT2D eigenvalue weighted by molar-refractivity contribution is 14.0. The van der Waals surface area contributed by atoms with Crippen molar-refractivity contribution in [1.82, 2.24) is 15.6 Å². The molecule has 0 saturated carbocycles. The number of halogens is 1. The Morgan fingerprint density at radius 1 is 1.21 bits per heavy atom. The van der Waals surface area contributed by atoms with Gasteiger partial charge in [-0.1, -0.05) is 32.8 Å². The summed E-state index contributed by atoms with van der Waals surface area (Å²) < 4.78 is 0. The van der Waals surface area contributed by atoms with Crippen LogP contribution in [0.3, 0.4) is 0 Å². The summed E-state index contributed by atoms with van der Waals surface area (Å²) in [5.74, 6) is 2.57. The number of nitrogens with zero attached hydrogens (tertiary/aromatic N) is 3. The summed E-state index contributed by atoms with van der Waals surface area (Å²) in [6.45, 7) is 7.42. The molecule has 0 bridgehead atoms. The maximum absolute atomic E-state index is 4.61. The Bertz CT molecular complexity index is 488. The Morgan fingerprint density at radius 3 is 2.50 bits per heavy atom. The van der Waals surface area contributed by atoms with Crippen LogP contribution < -0.4 is 15.5 Å². The molecule has 1 heterocycles. The van der Waals surface area contributed by atoms with Crippen molar-refractivity contribution in [2.24, 2.45) is 10.9 Å². The van der Waals surface area contributed by atoms with E-state index in [1.165, 1.54) is 12.8 Å². The van der Waals surface area contributed by atoms with Gasteiger partial charge in [0, 0.05) is 27.2 Å². The van der Waals surface area contributed by atoms with Crippen molar-refractivity contribution in [3.63, 3.8) is 0 Å². The van der Waals surface area contributed by atoms with Crippen LogP contribution in [0.2, 0.25) is 0 Å². The number of aliphatic imine (C=N–C) groups is 1. The van der Waals surface area contributed by atoms with Gasteiger partial charge in [-0.25, -0.2) is 4.98 Å². The molecule has 6 heteroatoms. The summed E-state index contributed by atoms with van der Waals surface area (Å²) in [5.41, 5.74) is 1.01. The molecule has 1 unspecified atom stereocenters. The fraction of sp³-hybridized carbons (Fsp3) is 0.667. The number of nitrogens with one attached hydrogen (secondary N) is 2. The Labute approximate surface area is 164 Å². The van der Waals surface area contributed by atoms with Gasteiger partial charge < -0.3 is 15.5 Å². The first-order valence-corrected chi connectivity index (χ1v) is 8.52. The number of guanidine groups is 1. The predicted molar refractivity (Wildman–Crippen MR) is 115 cm³/mol. The molecule has 1 aromatic heterocycles. The third kappa shape index (κ3) is 9.30. The van der Waals surface area contributed by atoms with Crippen LogP contribution >= 0.6 is 24.0 Å². The summed E-state index contributed by atoms with van der Waals surface area (Å²) in [6, 6.07) is 6.48. The SMILES string of the molecule is CN=C(NCc1cccc(N(C)C)n1)NC(C)CCCC(C)C.I. The van der Waals surface area contributed by atoms with E-state index in [9.17, 15) is 0 Å². The van der Waals surface area contributed by atoms with E-state index in [2.05, 4.69) is 41.4 Å². The van der Waals surface area contributed by atoms with Crippen LogP contribution in [0.1, 0.15) is 45.7 Å². The zero-order valence-corrected chi connectivity index (χ0v) is 18.3. The second kappa shape index (κ2) is 12.3. The lowest BCUT2D eigenvalue weighted by Gasteiger charge is -2.18. The Balaban J connectivity index is 0.00000529. The summed E-state index contributed by atoms with van der Waals surface area (Å²) in [6.07, 6.45) is 3.68. The molecule has 0 saturated heterocycles. The zero-order chi connectivity index (χ0) is 17.2. The predicted octanol–water partition coefficient (Wildman–Crippen LogP) is 3.65. The van der Waals surface area contributed by atoms with Crippen LogP contribution in [0.25, 0.3) is 0 Å². The Morgan fingerprint density at radius 2 is 1.92 bits per heavy atom. The number of hydrogen-bond acceptors (Lipinski definition) is 3. The lowest BCUT2D eigenvalue weighted by Crippen LogP contribution is -2.42. The number of anilines is 1. The van der Waals surface area contributed by atoms with Gasteiger partial charge in [0.1, 0.15) is 5.82 Å². The third-order valence-electron chi connectivity index (χ3n) is 3.71. The van der Waals surface area contributed by atoms with Gasteiger partial charge in [0.2, 0.25) is 0 Å². The molecule has 0 aliphatic rings. The van der Waals surface area contributed by atoms with Gasteiger partial charge in [0.05, 0.1) is 12.2 Å². The van der Waals surface area contributed by atoms with Gasteiger partial charge in [-0.05, 0) is 31.4 Å². The minimum Gasteiger partial charge on any atom is -0.363 e. The molecule has 0 aromatic carbocycles. The molecule has 5 nitrogen and oxygen atoms in total. The van der Waals surface area contributed by atoms with Crippen molar-refractivity contribution in [3.05, 3.63) is 23.9 Å². The molecular formula is C18H34IN5. The van der Waals surface area contributed by atoms with Gasteiger partial charge in [-0.15, -0.1) is 24.0 Å². The van der Waals surface area contributed by atoms with Crippen molar-refractivity contribution in [3.8, 4) is 0 Å². The Kier molecular flexibility index (Phi) is 11.8. The lowest BCUT2D eigenvalue weighted by atomic mass is 10.0. The Hall–Kier alpha value is -1.05. The van der Waals surface area contributed by atoms with Crippen LogP contribution in [0, 0.1) is 5.92 Å². The van der Waals surface area contributed by atoms with Gasteiger partial charge in [0.15, 0.2) is 5.96 Å². The van der Waals surface area contributed by atoms with Crippen LogP contribution in [-0.4, -0.2) is 38.1 Å². The maximum Gasteiger partial charge on any atom is 0.191 e. The van der Waals surface area contributed by atoms with E-state index in [0.29, 0.717) is 12.6 Å². The van der Waals surface area contributed by atoms with Crippen LogP contribution in [0.15, 0.2) is 23.2 Å². The molecule has 0 fully saturated rings. The van der Waals surface area contributed by atoms with Gasteiger partial charge in [-0.3, -0.25) is 4.99 Å². The fourth-order valence-corrected chi connectivity index (χ4v) is 2.32. The van der Waals surface area contributed by atoms with Crippen LogP contribution in [0.4, 0.5) is 5.82 Å². The quantitative estimate of drug-likeness (QED) is 0.363. The fourth-order valence-electron chi connectivity index (χ4n) is 2.32. The molecule has 0 spiro atoms. The first kappa shape index (κ1) is 22.9. The molecule has 0 radical (unpaired) electrons. The van der Waals surface area contributed by atoms with E-state index in [1.54, 1.807) is 7.05 Å². The van der Waals surface area contributed by atoms with E-state index in [1.807, 2.05) is 37.2 Å². The second-order valence-electron chi connectivity index (χ2n) is 6.68. The molecular weight excluding hydrogens is 413 g/mol. The summed E-state index contributed by atoms with van der Waals surface area (Å²) in [5, 5.41) is 6.79. The van der Waals surface area contributed by atoms with Gasteiger partial charge in [-0.2, -0.15) is 0 Å². The van der Waals surface area contributed by atoms with E-state index < -0.39 is 0 Å². The van der Waals surface area contributed by atoms with Gasteiger partial charge >= 0.3 is 0 Å². The molecule has 138 valence electrons. The van der Waals surface area contributed by atoms with E-state index >= 15 is 0 Å². The van der Waals surface area contributed by atoms with E-state index in [-0.39, 0.29) is 24.0 Å². The van der Waals surface area contributed by atoms with Crippen molar-refractivity contribution in [1.29, 1.82) is 0 Å². The minimum absolute atomic E-state index is 0. The first-order chi connectivity index (χ1) is 10.9. The minimum atomic E-state index is 0. The monoisotopic (exact) mass is 447 g/mol. The summed E-state index contributed by atoms with van der Waals surface area (Å²) in [4.78, 5) is 10.9. The number of hydrogen-bond donors (Lipinski definition) is 2. The highest BCUT2D eigenvalue weighted by Crippen LogP contribution is 2.09. The highest BCUT2D eigenvalue weighted by Gasteiger charge is 2.06. The van der Waals surface area contributed by atoms with E-state index in [0.717, 1.165) is 29.8 Å². The molecule has 0 aliphatic carbocycles. The van der Waals surface area contributed by atoms with Gasteiger partial charge in [0.25, 0.3) is 0 Å². The van der Waals surface area contributed by atoms with Crippen LogP contribution in [0.5, 0.6) is 0 Å². The van der Waals surface area contributed by atoms with Crippen molar-refractivity contribution >= 4 is 35.8 Å². The molecule has 1 aromatic rings. The average Bonchev–Trinajstić information content (AvgIpc) is 2.51. The first-order valence-electron chi connectivity index (χ1n) is 8.52. The smallest absolute Gasteiger partial charge is 0.191 e. The molecule has 1 atom stereocenters. The third-order valence-corrected chi connectivity index (χ3v) is 3.71. The number of pyridine rings is 1. The second-order valence-corrected chi connectivity index (χ2v) is 6.68. The number of rotatable bonds is 8. The van der Waals surface area contributed by atoms with E-state index in [4.69, 9.17) is 0 Å². The highest BCUT2D eigenvalue weighted by atomic mass is 127. The summed E-state index contributed by atoms with van der Waals surface area (Å²) >= 11 is 0. The van der Waals surface area contributed by atoms with Crippen molar-refractivity contribution in [2.75, 3.05) is 26.0 Å². The molecule has 1 rings (SSSR count). The zero-order valence-electron chi connectivity index (χ0n) is 16.0. The van der Waals surface area contributed by atoms with Crippen LogP contribution in [-0.2, 0) is 6.54 Å².